The van der Waals surface area contributed by atoms with Crippen LogP contribution in [0.15, 0.2) is 0 Å². The first-order chi connectivity index (χ1) is 27.0. The van der Waals surface area contributed by atoms with Crippen molar-refractivity contribution in [2.75, 3.05) is 33.2 Å². The Morgan fingerprint density at radius 2 is 0.818 bits per heavy atom. The van der Waals surface area contributed by atoms with Crippen LogP contribution in [0.1, 0.15) is 252 Å². The average molecular weight is 778 g/mol. The van der Waals surface area contributed by atoms with Crippen molar-refractivity contribution in [3.05, 3.63) is 0 Å². The molecule has 0 unspecified atom stereocenters. The fourth-order valence-corrected chi connectivity index (χ4v) is 7.64. The van der Waals surface area contributed by atoms with Gasteiger partial charge in [0.15, 0.2) is 0 Å². The highest BCUT2D eigenvalue weighted by Gasteiger charge is 2.14. The van der Waals surface area contributed by atoms with Crippen molar-refractivity contribution in [3.63, 3.8) is 0 Å². The molecule has 2 amide bonds. The van der Waals surface area contributed by atoms with Crippen molar-refractivity contribution in [3.8, 4) is 0 Å². The Morgan fingerprint density at radius 1 is 0.455 bits per heavy atom. The number of hydrogen-bond donors (Lipinski definition) is 2. The highest BCUT2D eigenvalue weighted by atomic mass is 16.5. The van der Waals surface area contributed by atoms with Crippen LogP contribution in [-0.4, -0.2) is 62.0 Å². The number of Topliss-reactive ketones (excluding diaryl/α,β-unsaturated/α-hetero) is 1. The van der Waals surface area contributed by atoms with Gasteiger partial charge in [-0.1, -0.05) is 168 Å². The van der Waals surface area contributed by atoms with Crippen LogP contribution in [0.3, 0.4) is 0 Å². The van der Waals surface area contributed by atoms with E-state index < -0.39 is 0 Å². The van der Waals surface area contributed by atoms with Crippen LogP contribution in [-0.2, 0) is 14.3 Å². The fourth-order valence-electron chi connectivity index (χ4n) is 7.64. The molecule has 55 heavy (non-hydrogen) atoms. The first kappa shape index (κ1) is 53.4. The largest absolute Gasteiger partial charge is 0.462 e. The standard InChI is InChI=1S/C48H95N3O4/c1-5-8-11-14-17-18-21-28-36-45(52)37-29-22-19-26-33-42-51(44-35-41-50-48(54)49-4)43-34-27-20-25-32-40-47(53)55-46(38-30-23-15-12-9-6-2)39-31-24-16-13-10-7-3/h46H,5-44H2,1-4H3,(H2,49,50,54). The number of carbonyl (C=O) groups excluding carboxylic acids is 3. The van der Waals surface area contributed by atoms with Gasteiger partial charge < -0.3 is 20.3 Å². The zero-order valence-corrected chi connectivity index (χ0v) is 37.4. The smallest absolute Gasteiger partial charge is 0.314 e. The number of carbonyl (C=O) groups is 3. The summed E-state index contributed by atoms with van der Waals surface area (Å²) in [5, 5.41) is 5.56. The zero-order valence-electron chi connectivity index (χ0n) is 37.4. The molecule has 0 rings (SSSR count). The van der Waals surface area contributed by atoms with Crippen molar-refractivity contribution in [2.45, 2.75) is 258 Å². The molecular formula is C48H95N3O4. The lowest BCUT2D eigenvalue weighted by Crippen LogP contribution is -2.35. The van der Waals surface area contributed by atoms with Crippen LogP contribution in [0.5, 0.6) is 0 Å². The van der Waals surface area contributed by atoms with E-state index in [2.05, 4.69) is 36.3 Å². The Bertz CT molecular complexity index is 822. The van der Waals surface area contributed by atoms with Gasteiger partial charge >= 0.3 is 12.0 Å². The SMILES string of the molecule is CCCCCCCCCCC(=O)CCCCCCCN(CCCCCCCC(=O)OC(CCCCCCCC)CCCCCCCC)CCCNC(=O)NC. The van der Waals surface area contributed by atoms with Crippen molar-refractivity contribution in [1.82, 2.24) is 15.5 Å². The van der Waals surface area contributed by atoms with E-state index in [1.807, 2.05) is 0 Å². The van der Waals surface area contributed by atoms with E-state index in [1.54, 1.807) is 7.05 Å². The minimum atomic E-state index is -0.113. The van der Waals surface area contributed by atoms with Gasteiger partial charge in [-0.25, -0.2) is 4.79 Å². The molecule has 0 aliphatic carbocycles. The number of urea groups is 1. The maximum absolute atomic E-state index is 12.8. The summed E-state index contributed by atoms with van der Waals surface area (Å²) < 4.78 is 6.05. The Kier molecular flexibility index (Phi) is 42.2. The van der Waals surface area contributed by atoms with E-state index in [9.17, 15) is 14.4 Å². The van der Waals surface area contributed by atoms with Crippen LogP contribution in [0.25, 0.3) is 0 Å². The molecule has 7 heteroatoms. The first-order valence-corrected chi connectivity index (χ1v) is 24.4. The third kappa shape index (κ3) is 40.4. The maximum atomic E-state index is 12.8. The van der Waals surface area contributed by atoms with Crippen LogP contribution in [0.2, 0.25) is 0 Å². The molecule has 0 aromatic carbocycles. The van der Waals surface area contributed by atoms with E-state index in [0.29, 0.717) is 18.7 Å². The molecule has 0 bridgehead atoms. The lowest BCUT2D eigenvalue weighted by molar-refractivity contribution is -0.150. The predicted octanol–water partition coefficient (Wildman–Crippen LogP) is 13.8. The Balaban J connectivity index is 4.29. The molecule has 7 nitrogen and oxygen atoms in total. The third-order valence-electron chi connectivity index (χ3n) is 11.3. The maximum Gasteiger partial charge on any atom is 0.314 e. The van der Waals surface area contributed by atoms with Gasteiger partial charge in [0.25, 0.3) is 0 Å². The second kappa shape index (κ2) is 43.5. The van der Waals surface area contributed by atoms with Gasteiger partial charge in [-0.15, -0.1) is 0 Å². The third-order valence-corrected chi connectivity index (χ3v) is 11.3. The van der Waals surface area contributed by atoms with Crippen molar-refractivity contribution >= 4 is 17.8 Å². The zero-order chi connectivity index (χ0) is 40.3. The molecule has 0 aromatic rings. The van der Waals surface area contributed by atoms with Crippen LogP contribution in [0, 0.1) is 0 Å². The normalized spacial score (nSPS) is 11.5. The van der Waals surface area contributed by atoms with Crippen molar-refractivity contribution < 1.29 is 19.1 Å². The molecule has 0 atom stereocenters. The molecule has 0 aliphatic heterocycles. The first-order valence-electron chi connectivity index (χ1n) is 24.4. The number of ether oxygens (including phenoxy) is 1. The number of rotatable bonds is 44. The lowest BCUT2D eigenvalue weighted by Gasteiger charge is -2.22. The van der Waals surface area contributed by atoms with Crippen LogP contribution < -0.4 is 10.6 Å². The van der Waals surface area contributed by atoms with Gasteiger partial charge in [-0.2, -0.15) is 0 Å². The molecular weight excluding hydrogens is 683 g/mol. The highest BCUT2D eigenvalue weighted by molar-refractivity contribution is 5.78. The summed E-state index contributed by atoms with van der Waals surface area (Å²) in [5.74, 6) is 0.484. The molecule has 0 radical (unpaired) electrons. The molecule has 2 N–H and O–H groups in total. The topological polar surface area (TPSA) is 87.7 Å². The van der Waals surface area contributed by atoms with Gasteiger partial charge in [0.2, 0.25) is 0 Å². The summed E-state index contributed by atoms with van der Waals surface area (Å²) in [6.45, 7) is 10.7. The van der Waals surface area contributed by atoms with E-state index in [0.717, 1.165) is 90.3 Å². The molecule has 0 spiro atoms. The Hall–Kier alpha value is -1.63. The number of amides is 2. The summed E-state index contributed by atoms with van der Waals surface area (Å²) in [5.41, 5.74) is 0. The summed E-state index contributed by atoms with van der Waals surface area (Å²) >= 11 is 0. The monoisotopic (exact) mass is 778 g/mol. The number of hydrogen-bond acceptors (Lipinski definition) is 5. The Morgan fingerprint density at radius 3 is 1.25 bits per heavy atom. The van der Waals surface area contributed by atoms with Gasteiger partial charge in [0.05, 0.1) is 0 Å². The molecule has 0 aromatic heterocycles. The molecule has 326 valence electrons. The van der Waals surface area contributed by atoms with Gasteiger partial charge in [0.1, 0.15) is 11.9 Å². The minimum Gasteiger partial charge on any atom is -0.462 e. The molecule has 0 heterocycles. The predicted molar refractivity (Wildman–Crippen MR) is 237 cm³/mol. The molecule has 0 saturated carbocycles. The van der Waals surface area contributed by atoms with Gasteiger partial charge in [-0.3, -0.25) is 9.59 Å². The number of nitrogens with one attached hydrogen (secondary N) is 2. The quantitative estimate of drug-likeness (QED) is 0.0475. The minimum absolute atomic E-state index is 0.0175. The summed E-state index contributed by atoms with van der Waals surface area (Å²) in [6, 6.07) is -0.113. The van der Waals surface area contributed by atoms with E-state index >= 15 is 0 Å². The number of unbranched alkanes of at least 4 members (excludes halogenated alkanes) is 25. The van der Waals surface area contributed by atoms with E-state index in [4.69, 9.17) is 4.74 Å². The number of nitrogens with zero attached hydrogens (tertiary/aromatic N) is 1. The van der Waals surface area contributed by atoms with Crippen molar-refractivity contribution in [2.24, 2.45) is 0 Å². The van der Waals surface area contributed by atoms with Gasteiger partial charge in [-0.05, 0) is 83.8 Å². The summed E-state index contributed by atoms with van der Waals surface area (Å²) in [7, 11) is 1.66. The summed E-state index contributed by atoms with van der Waals surface area (Å²) in [6.07, 6.45) is 42.3. The van der Waals surface area contributed by atoms with Gasteiger partial charge in [0, 0.05) is 32.9 Å². The van der Waals surface area contributed by atoms with E-state index in [1.165, 1.54) is 154 Å². The molecule has 0 saturated heterocycles. The summed E-state index contributed by atoms with van der Waals surface area (Å²) in [4.78, 5) is 39.3. The number of ketones is 1. The average Bonchev–Trinajstić information content (AvgIpc) is 3.18. The molecule has 0 fully saturated rings. The lowest BCUT2D eigenvalue weighted by atomic mass is 10.0. The number of esters is 1. The molecule has 0 aliphatic rings. The van der Waals surface area contributed by atoms with Crippen LogP contribution >= 0.6 is 0 Å². The fraction of sp³-hybridized carbons (Fsp3) is 0.938. The Labute approximate surface area is 342 Å². The van der Waals surface area contributed by atoms with Crippen LogP contribution in [0.4, 0.5) is 4.79 Å². The van der Waals surface area contributed by atoms with E-state index in [-0.39, 0.29) is 18.1 Å². The second-order valence-electron chi connectivity index (χ2n) is 16.7. The van der Waals surface area contributed by atoms with Crippen molar-refractivity contribution in [1.29, 1.82) is 0 Å². The second-order valence-corrected chi connectivity index (χ2v) is 16.7. The highest BCUT2D eigenvalue weighted by Crippen LogP contribution is 2.19.